The van der Waals surface area contributed by atoms with Crippen molar-refractivity contribution in [2.75, 3.05) is 0 Å². The van der Waals surface area contributed by atoms with Crippen LogP contribution in [-0.2, 0) is 6.54 Å². The fourth-order valence-electron chi connectivity index (χ4n) is 3.27. The monoisotopic (exact) mass is 347 g/mol. The Balaban J connectivity index is 1.76. The van der Waals surface area contributed by atoms with E-state index in [1.54, 1.807) is 12.5 Å². The van der Waals surface area contributed by atoms with E-state index in [9.17, 15) is 4.79 Å². The number of H-pyrrole nitrogens is 1. The molecule has 26 heavy (non-hydrogen) atoms. The summed E-state index contributed by atoms with van der Waals surface area (Å²) in [5.74, 6) is 0. The lowest BCUT2D eigenvalue weighted by atomic mass is 10.0. The Labute approximate surface area is 151 Å². The molecule has 3 aromatic heterocycles. The molecule has 0 saturated carbocycles. The first-order chi connectivity index (χ1) is 12.5. The molecule has 0 fully saturated rings. The van der Waals surface area contributed by atoms with E-state index in [2.05, 4.69) is 28.9 Å². The van der Waals surface area contributed by atoms with Gasteiger partial charge in [-0.3, -0.25) is 9.48 Å². The van der Waals surface area contributed by atoms with Crippen molar-refractivity contribution in [2.45, 2.75) is 33.4 Å². The number of imidazole rings is 1. The van der Waals surface area contributed by atoms with Crippen LogP contribution in [0.25, 0.3) is 22.0 Å². The number of aryl methyl sites for hydroxylation is 1. The predicted octanol–water partition coefficient (Wildman–Crippen LogP) is 3.53. The Hall–Kier alpha value is -3.15. The summed E-state index contributed by atoms with van der Waals surface area (Å²) in [5, 5.41) is 5.47. The van der Waals surface area contributed by atoms with Gasteiger partial charge in [0, 0.05) is 34.6 Å². The molecule has 132 valence electrons. The highest BCUT2D eigenvalue weighted by atomic mass is 16.1. The molecule has 4 rings (SSSR count). The molecule has 0 aliphatic rings. The van der Waals surface area contributed by atoms with Crippen molar-refractivity contribution in [2.24, 2.45) is 0 Å². The first-order valence-electron chi connectivity index (χ1n) is 8.70. The SMILES string of the molecule is Cc1cncn1Cc1ccc(-c2cccc3c2cnn3C(C)C)c(=O)[nH]1. The number of pyridine rings is 1. The van der Waals surface area contributed by atoms with Gasteiger partial charge in [0.1, 0.15) is 0 Å². The number of rotatable bonds is 4. The van der Waals surface area contributed by atoms with Crippen LogP contribution in [0.15, 0.2) is 53.8 Å². The first-order valence-corrected chi connectivity index (χ1v) is 8.70. The van der Waals surface area contributed by atoms with E-state index in [1.807, 2.05) is 52.7 Å². The maximum atomic E-state index is 12.7. The van der Waals surface area contributed by atoms with Crippen LogP contribution in [0.5, 0.6) is 0 Å². The van der Waals surface area contributed by atoms with E-state index in [0.29, 0.717) is 12.1 Å². The van der Waals surface area contributed by atoms with E-state index in [-0.39, 0.29) is 11.6 Å². The lowest BCUT2D eigenvalue weighted by Crippen LogP contribution is -2.13. The Morgan fingerprint density at radius 1 is 1.12 bits per heavy atom. The van der Waals surface area contributed by atoms with Crippen molar-refractivity contribution in [3.05, 3.63) is 70.8 Å². The molecular weight excluding hydrogens is 326 g/mol. The largest absolute Gasteiger partial charge is 0.329 e. The summed E-state index contributed by atoms with van der Waals surface area (Å²) in [4.78, 5) is 19.9. The van der Waals surface area contributed by atoms with Crippen LogP contribution in [0.3, 0.4) is 0 Å². The van der Waals surface area contributed by atoms with Crippen molar-refractivity contribution in [1.29, 1.82) is 0 Å². The lowest BCUT2D eigenvalue weighted by Gasteiger charge is -2.09. The van der Waals surface area contributed by atoms with E-state index in [1.165, 1.54) is 0 Å². The molecule has 1 N–H and O–H groups in total. The average Bonchev–Trinajstić information content (AvgIpc) is 3.21. The summed E-state index contributed by atoms with van der Waals surface area (Å²) in [6.07, 6.45) is 5.41. The molecule has 0 bridgehead atoms. The number of aromatic amines is 1. The molecule has 0 radical (unpaired) electrons. The molecule has 0 unspecified atom stereocenters. The molecule has 0 spiro atoms. The van der Waals surface area contributed by atoms with Crippen molar-refractivity contribution < 1.29 is 0 Å². The van der Waals surface area contributed by atoms with Crippen LogP contribution in [-0.4, -0.2) is 24.3 Å². The van der Waals surface area contributed by atoms with Gasteiger partial charge in [-0.25, -0.2) is 4.98 Å². The molecule has 6 nitrogen and oxygen atoms in total. The smallest absolute Gasteiger partial charge is 0.256 e. The number of hydrogen-bond donors (Lipinski definition) is 1. The van der Waals surface area contributed by atoms with Crippen molar-refractivity contribution in [3.8, 4) is 11.1 Å². The number of nitrogens with one attached hydrogen (secondary N) is 1. The van der Waals surface area contributed by atoms with Crippen molar-refractivity contribution >= 4 is 10.9 Å². The molecular formula is C20H21N5O. The number of hydrogen-bond acceptors (Lipinski definition) is 3. The van der Waals surface area contributed by atoms with Gasteiger partial charge in [0.05, 0.1) is 24.6 Å². The molecule has 0 aliphatic carbocycles. The summed E-state index contributed by atoms with van der Waals surface area (Å²) in [6, 6.07) is 10.1. The lowest BCUT2D eigenvalue weighted by molar-refractivity contribution is 0.551. The third kappa shape index (κ3) is 2.73. The van der Waals surface area contributed by atoms with Gasteiger partial charge in [-0.05, 0) is 44.5 Å². The summed E-state index contributed by atoms with van der Waals surface area (Å²) in [6.45, 7) is 6.78. The number of benzene rings is 1. The molecule has 0 amide bonds. The minimum Gasteiger partial charge on any atom is -0.329 e. The zero-order valence-electron chi connectivity index (χ0n) is 15.1. The van der Waals surface area contributed by atoms with E-state index < -0.39 is 0 Å². The Bertz CT molecular complexity index is 1130. The van der Waals surface area contributed by atoms with Gasteiger partial charge < -0.3 is 9.55 Å². The highest BCUT2D eigenvalue weighted by molar-refractivity contribution is 5.94. The minimum absolute atomic E-state index is 0.0925. The second kappa shape index (κ2) is 6.29. The highest BCUT2D eigenvalue weighted by Crippen LogP contribution is 2.27. The molecule has 4 aromatic rings. The van der Waals surface area contributed by atoms with Crippen molar-refractivity contribution in [3.63, 3.8) is 0 Å². The quantitative estimate of drug-likeness (QED) is 0.614. The van der Waals surface area contributed by atoms with Gasteiger partial charge in [-0.15, -0.1) is 0 Å². The maximum Gasteiger partial charge on any atom is 0.256 e. The predicted molar refractivity (Wildman–Crippen MR) is 102 cm³/mol. The molecule has 0 saturated heterocycles. The topological polar surface area (TPSA) is 68.5 Å². The van der Waals surface area contributed by atoms with Gasteiger partial charge in [0.15, 0.2) is 0 Å². The third-order valence-corrected chi connectivity index (χ3v) is 4.65. The fourth-order valence-corrected chi connectivity index (χ4v) is 3.27. The van der Waals surface area contributed by atoms with Crippen LogP contribution < -0.4 is 5.56 Å². The summed E-state index contributed by atoms with van der Waals surface area (Å²) < 4.78 is 3.97. The first kappa shape index (κ1) is 16.3. The molecule has 1 aromatic carbocycles. The van der Waals surface area contributed by atoms with Crippen molar-refractivity contribution in [1.82, 2.24) is 24.3 Å². The second-order valence-corrected chi connectivity index (χ2v) is 6.81. The van der Waals surface area contributed by atoms with E-state index in [0.717, 1.165) is 27.9 Å². The van der Waals surface area contributed by atoms with Crippen LogP contribution in [0.1, 0.15) is 31.3 Å². The maximum absolute atomic E-state index is 12.7. The van der Waals surface area contributed by atoms with Crippen LogP contribution >= 0.6 is 0 Å². The molecule has 6 heteroatoms. The minimum atomic E-state index is -0.0925. The Morgan fingerprint density at radius 2 is 1.96 bits per heavy atom. The third-order valence-electron chi connectivity index (χ3n) is 4.65. The molecule has 0 aliphatic heterocycles. The average molecular weight is 347 g/mol. The Morgan fingerprint density at radius 3 is 2.65 bits per heavy atom. The molecule has 3 heterocycles. The summed E-state index contributed by atoms with van der Waals surface area (Å²) >= 11 is 0. The van der Waals surface area contributed by atoms with Crippen LogP contribution in [0.4, 0.5) is 0 Å². The normalized spacial score (nSPS) is 11.5. The number of fused-ring (bicyclic) bond motifs is 1. The Kier molecular flexibility index (Phi) is 3.95. The van der Waals surface area contributed by atoms with E-state index >= 15 is 0 Å². The number of nitrogens with zero attached hydrogens (tertiary/aromatic N) is 4. The second-order valence-electron chi connectivity index (χ2n) is 6.81. The van der Waals surface area contributed by atoms with Crippen LogP contribution in [0, 0.1) is 6.92 Å². The number of aromatic nitrogens is 5. The standard InChI is InChI=1S/C20H21N5O/c1-13(2)25-19-6-4-5-16(18(19)10-22-25)17-8-7-15(23-20(17)26)11-24-12-21-9-14(24)3/h4-10,12-13H,11H2,1-3H3,(H,23,26). The highest BCUT2D eigenvalue weighted by Gasteiger charge is 2.13. The van der Waals surface area contributed by atoms with Gasteiger partial charge in [-0.1, -0.05) is 12.1 Å². The summed E-state index contributed by atoms with van der Waals surface area (Å²) in [7, 11) is 0. The van der Waals surface area contributed by atoms with Gasteiger partial charge >= 0.3 is 0 Å². The molecule has 0 atom stereocenters. The zero-order valence-corrected chi connectivity index (χ0v) is 15.1. The van der Waals surface area contributed by atoms with Gasteiger partial charge in [-0.2, -0.15) is 5.10 Å². The zero-order chi connectivity index (χ0) is 18.3. The van der Waals surface area contributed by atoms with E-state index in [4.69, 9.17) is 0 Å². The summed E-state index contributed by atoms with van der Waals surface area (Å²) in [5.41, 5.74) is 4.41. The van der Waals surface area contributed by atoms with Crippen LogP contribution in [0.2, 0.25) is 0 Å². The van der Waals surface area contributed by atoms with Gasteiger partial charge in [0.25, 0.3) is 5.56 Å². The fraction of sp³-hybridized carbons (Fsp3) is 0.250. The van der Waals surface area contributed by atoms with Gasteiger partial charge in [0.2, 0.25) is 0 Å².